The van der Waals surface area contributed by atoms with Crippen LogP contribution in [0.1, 0.15) is 22.3 Å². The number of ether oxygens (including phenoxy) is 1. The Morgan fingerprint density at radius 1 is 0.522 bits per heavy atom. The monoisotopic (exact) mass is 992 g/mol. The van der Waals surface area contributed by atoms with Gasteiger partial charge < -0.3 is 13.9 Å². The molecular weight excluding hydrogens is 951 g/mol. The number of benzene rings is 9. The topological polar surface area (TPSA) is 44.9 Å². The van der Waals surface area contributed by atoms with Crippen molar-refractivity contribution in [3.8, 4) is 28.6 Å². The maximum Gasteiger partial charge on any atom is 2.00 e. The average Bonchev–Trinajstić information content (AvgIpc) is 3.94. The van der Waals surface area contributed by atoms with E-state index in [9.17, 15) is 0 Å². The molecule has 330 valence electrons. The summed E-state index contributed by atoms with van der Waals surface area (Å²) >= 11 is 0. The van der Waals surface area contributed by atoms with E-state index in [1.807, 2.05) is 6.07 Å². The van der Waals surface area contributed by atoms with Gasteiger partial charge in [-0.3, -0.25) is 4.98 Å². The molecule has 0 saturated carbocycles. The molecule has 0 N–H and O–H groups in total. The van der Waals surface area contributed by atoms with Crippen molar-refractivity contribution in [3.63, 3.8) is 0 Å². The molecule has 13 rings (SSSR count). The number of fused-ring (bicyclic) bond motifs is 7. The van der Waals surface area contributed by atoms with E-state index in [0.717, 1.165) is 94.2 Å². The van der Waals surface area contributed by atoms with Crippen LogP contribution in [0.2, 0.25) is 0 Å². The van der Waals surface area contributed by atoms with E-state index < -0.39 is 13.5 Å². The van der Waals surface area contributed by atoms with Crippen LogP contribution in [0.5, 0.6) is 11.5 Å². The molecule has 0 saturated heterocycles. The van der Waals surface area contributed by atoms with Crippen molar-refractivity contribution < 1.29 is 25.2 Å². The van der Waals surface area contributed by atoms with Gasteiger partial charge >= 0.3 is 20.4 Å². The quantitative estimate of drug-likeness (QED) is 0.0866. The van der Waals surface area contributed by atoms with Gasteiger partial charge in [-0.25, -0.2) is 4.98 Å². The molecule has 1 aliphatic rings. The zero-order chi connectivity index (χ0) is 45.2. The number of rotatable bonds is 8. The second-order valence-corrected chi connectivity index (χ2v) is 21.3. The van der Waals surface area contributed by atoms with Crippen LogP contribution in [-0.2, 0) is 32.9 Å². The molecule has 4 heterocycles. The predicted octanol–water partition coefficient (Wildman–Crippen LogP) is 11.2. The number of aromatic nitrogens is 4. The molecule has 7 heteroatoms. The first-order valence-electron chi connectivity index (χ1n) is 23.1. The maximum atomic E-state index is 7.21. The van der Waals surface area contributed by atoms with E-state index in [1.54, 1.807) is 0 Å². The normalized spacial score (nSPS) is 12.8. The summed E-state index contributed by atoms with van der Waals surface area (Å²) in [5, 5.41) is 6.70. The fourth-order valence-corrected chi connectivity index (χ4v) is 15.7. The second-order valence-electron chi connectivity index (χ2n) is 17.5. The predicted molar refractivity (Wildman–Crippen MR) is 278 cm³/mol. The largest absolute Gasteiger partial charge is 2.00 e. The molecule has 0 radical (unpaired) electrons. The number of pyridine rings is 1. The van der Waals surface area contributed by atoms with Crippen molar-refractivity contribution in [3.05, 3.63) is 271 Å². The van der Waals surface area contributed by atoms with Gasteiger partial charge in [-0.05, 0) is 45.8 Å². The molecule has 0 amide bonds. The van der Waals surface area contributed by atoms with Gasteiger partial charge in [0.05, 0.1) is 33.2 Å². The fraction of sp³-hybridized carbons (Fsp3) is 0.0323. The number of nitrogens with zero attached hydrogens (tertiary/aromatic N) is 4. The Balaban J connectivity index is 0.00000492. The molecule has 69 heavy (non-hydrogen) atoms. The van der Waals surface area contributed by atoms with Crippen LogP contribution in [0.3, 0.4) is 0 Å². The summed E-state index contributed by atoms with van der Waals surface area (Å²) in [5.74, 6) is 2.50. The van der Waals surface area contributed by atoms with Gasteiger partial charge in [0.25, 0.3) is 0 Å². The molecule has 5 nitrogen and oxygen atoms in total. The molecule has 0 atom stereocenters. The molecule has 0 bridgehead atoms. The molecule has 3 aromatic heterocycles. The van der Waals surface area contributed by atoms with Crippen molar-refractivity contribution in [1.29, 1.82) is 0 Å². The standard InChI is InChI=1S/C62H42N4OSi.Pd/c1-65-56-38-18-16-36-54(56)64-60(65)43-22-20-32-49(40-43)68(47-28-10-4-11-29-47,48-30-12-5-13-31-48)50-33-21-27-46(41-50)66-55-37-17-14-34-51(55)58-59-53(42-63-61(58)66)62(44-23-6-2-7-24-44,45-25-8-3-9-26-45)52-35-15-19-39-57(52)67-59;/h2-39,42H,1H3;/q-2;+2. The summed E-state index contributed by atoms with van der Waals surface area (Å²) < 4.78 is 11.7. The van der Waals surface area contributed by atoms with Gasteiger partial charge in [0.1, 0.15) is 25.2 Å². The van der Waals surface area contributed by atoms with Gasteiger partial charge in [-0.2, -0.15) is 23.4 Å². The van der Waals surface area contributed by atoms with Gasteiger partial charge in [0, 0.05) is 29.8 Å². The fourth-order valence-electron chi connectivity index (χ4n) is 11.1. The molecule has 0 unspecified atom stereocenters. The third-order valence-electron chi connectivity index (χ3n) is 14.0. The Labute approximate surface area is 415 Å². The first kappa shape index (κ1) is 42.4. The van der Waals surface area contributed by atoms with Crippen molar-refractivity contribution in [1.82, 2.24) is 19.1 Å². The number of imidazole rings is 1. The summed E-state index contributed by atoms with van der Waals surface area (Å²) in [5.41, 5.74) is 9.37. The SMILES string of the molecule is Cn1c(-c2[c-]c([Si](c3[c-]c(-n4c5ccccc5c5c6c(cnc54)C(c4ccccc4)(c4ccccc4)c4ccccc4O6)ccc3)(c3ccccc3)c3ccccc3)ccc2)nc2ccccc21.[Pd+2]. The maximum absolute atomic E-state index is 7.21. The number of aryl methyl sites for hydroxylation is 1. The van der Waals surface area contributed by atoms with Crippen LogP contribution >= 0.6 is 0 Å². The molecule has 12 aromatic rings. The Hall–Kier alpha value is -7.92. The van der Waals surface area contributed by atoms with E-state index in [2.05, 4.69) is 259 Å². The third kappa shape index (κ3) is 6.39. The van der Waals surface area contributed by atoms with Gasteiger partial charge in [0.2, 0.25) is 0 Å². The van der Waals surface area contributed by atoms with E-state index in [4.69, 9.17) is 14.7 Å². The summed E-state index contributed by atoms with van der Waals surface area (Å²) in [6.07, 6.45) is 2.06. The minimum Gasteiger partial charge on any atom is -0.456 e. The molecular formula is C62H42N4OPdSi. The van der Waals surface area contributed by atoms with Crippen LogP contribution < -0.4 is 25.5 Å². The Kier molecular flexibility index (Phi) is 10.5. The first-order valence-corrected chi connectivity index (χ1v) is 25.1. The number of para-hydroxylation sites is 4. The van der Waals surface area contributed by atoms with E-state index in [1.165, 1.54) is 10.4 Å². The molecule has 0 fully saturated rings. The molecule has 1 aliphatic heterocycles. The van der Waals surface area contributed by atoms with E-state index in [0.29, 0.717) is 0 Å². The van der Waals surface area contributed by atoms with Crippen LogP contribution in [0.15, 0.2) is 237 Å². The molecule has 0 spiro atoms. The van der Waals surface area contributed by atoms with Gasteiger partial charge in [-0.1, -0.05) is 176 Å². The van der Waals surface area contributed by atoms with Crippen LogP contribution in [0, 0.1) is 12.1 Å². The number of hydrogen-bond donors (Lipinski definition) is 0. The summed E-state index contributed by atoms with van der Waals surface area (Å²) in [6, 6.07) is 90.2. The zero-order valence-electron chi connectivity index (χ0n) is 37.5. The van der Waals surface area contributed by atoms with Crippen molar-refractivity contribution in [2.24, 2.45) is 7.05 Å². The van der Waals surface area contributed by atoms with Crippen LogP contribution in [-0.4, -0.2) is 27.2 Å². The first-order chi connectivity index (χ1) is 33.7. The van der Waals surface area contributed by atoms with Crippen molar-refractivity contribution in [2.75, 3.05) is 0 Å². The second kappa shape index (κ2) is 17.0. The molecule has 0 aliphatic carbocycles. The van der Waals surface area contributed by atoms with Gasteiger partial charge in [-0.15, -0.1) is 41.1 Å². The Morgan fingerprint density at radius 3 is 1.77 bits per heavy atom. The Morgan fingerprint density at radius 2 is 1.09 bits per heavy atom. The smallest absolute Gasteiger partial charge is 0.456 e. The van der Waals surface area contributed by atoms with Crippen LogP contribution in [0.25, 0.3) is 50.0 Å². The van der Waals surface area contributed by atoms with Crippen molar-refractivity contribution >= 4 is 61.8 Å². The van der Waals surface area contributed by atoms with Gasteiger partial charge in [0.15, 0.2) is 0 Å². The summed E-state index contributed by atoms with van der Waals surface area (Å²) in [4.78, 5) is 10.7. The zero-order valence-corrected chi connectivity index (χ0v) is 40.1. The summed E-state index contributed by atoms with van der Waals surface area (Å²) in [6.45, 7) is 0. The minimum absolute atomic E-state index is 0. The Bertz CT molecular complexity index is 3770. The summed E-state index contributed by atoms with van der Waals surface area (Å²) in [7, 11) is -1.07. The minimum atomic E-state index is -3.16. The number of hydrogen-bond acceptors (Lipinski definition) is 3. The van der Waals surface area contributed by atoms with E-state index in [-0.39, 0.29) is 20.4 Å². The van der Waals surface area contributed by atoms with E-state index >= 15 is 0 Å². The third-order valence-corrected chi connectivity index (χ3v) is 18.6. The van der Waals surface area contributed by atoms with Crippen molar-refractivity contribution in [2.45, 2.75) is 5.41 Å². The average molecular weight is 994 g/mol. The molecule has 9 aromatic carbocycles. The van der Waals surface area contributed by atoms with Crippen LogP contribution in [0.4, 0.5) is 0 Å².